The third-order valence-corrected chi connectivity index (χ3v) is 3.24. The lowest BCUT2D eigenvalue weighted by molar-refractivity contribution is -0.137. The van der Waals surface area contributed by atoms with Crippen molar-refractivity contribution in [1.29, 1.82) is 0 Å². The molecule has 1 fully saturated rings. The molecule has 0 aliphatic heterocycles. The molecule has 7 heteroatoms. The zero-order valence-corrected chi connectivity index (χ0v) is 10.8. The molecule has 0 saturated heterocycles. The quantitative estimate of drug-likeness (QED) is 0.361. The van der Waals surface area contributed by atoms with Crippen molar-refractivity contribution < 1.29 is 27.9 Å². The number of allylic oxidation sites excluding steroid dienone is 1. The first-order valence-electron chi connectivity index (χ1n) is 6.18. The molecular weight excluding hydrogens is 287 g/mol. The summed E-state index contributed by atoms with van der Waals surface area (Å²) in [5, 5.41) is 10.0. The van der Waals surface area contributed by atoms with Gasteiger partial charge in [-0.1, -0.05) is 0 Å². The Hall–Kier alpha value is -2.31. The number of carbonyl (C=O) groups is 2. The molecule has 1 saturated carbocycles. The van der Waals surface area contributed by atoms with E-state index in [1.807, 2.05) is 0 Å². The van der Waals surface area contributed by atoms with Gasteiger partial charge in [-0.25, -0.2) is 0 Å². The Bertz CT molecular complexity index is 629. The lowest BCUT2D eigenvalue weighted by atomic mass is 9.89. The van der Waals surface area contributed by atoms with Gasteiger partial charge in [0.15, 0.2) is 11.6 Å². The van der Waals surface area contributed by atoms with E-state index in [0.29, 0.717) is 12.5 Å². The van der Waals surface area contributed by atoms with E-state index in [2.05, 4.69) is 0 Å². The summed E-state index contributed by atoms with van der Waals surface area (Å²) in [6.45, 7) is 0. The number of rotatable bonds is 1. The maximum Gasteiger partial charge on any atom is 0.416 e. The van der Waals surface area contributed by atoms with Crippen LogP contribution in [0.3, 0.4) is 0 Å². The molecule has 0 spiro atoms. The Kier molecular flexibility index (Phi) is 3.76. The molecule has 4 nitrogen and oxygen atoms in total. The number of halogens is 3. The average molecular weight is 299 g/mol. The zero-order valence-electron chi connectivity index (χ0n) is 10.8. The van der Waals surface area contributed by atoms with Crippen molar-refractivity contribution in [1.82, 2.24) is 0 Å². The second-order valence-corrected chi connectivity index (χ2v) is 4.72. The van der Waals surface area contributed by atoms with E-state index in [4.69, 9.17) is 5.73 Å². The van der Waals surface area contributed by atoms with Crippen LogP contribution < -0.4 is 5.73 Å². The third-order valence-electron chi connectivity index (χ3n) is 3.24. The average Bonchev–Trinajstić information content (AvgIpc) is 2.37. The number of nitrogen functional groups attached to an aromatic ring is 1. The highest BCUT2D eigenvalue weighted by Crippen LogP contribution is 2.34. The maximum absolute atomic E-state index is 12.5. The molecule has 0 radical (unpaired) electrons. The van der Waals surface area contributed by atoms with Gasteiger partial charge < -0.3 is 10.8 Å². The number of ketones is 2. The molecule has 21 heavy (non-hydrogen) atoms. The molecule has 0 amide bonds. The summed E-state index contributed by atoms with van der Waals surface area (Å²) in [4.78, 5) is 23.4. The van der Waals surface area contributed by atoms with E-state index in [1.54, 1.807) is 0 Å². The van der Waals surface area contributed by atoms with Gasteiger partial charge in [-0.15, -0.1) is 0 Å². The molecule has 1 aromatic carbocycles. The second kappa shape index (κ2) is 5.23. The summed E-state index contributed by atoms with van der Waals surface area (Å²) >= 11 is 0. The van der Waals surface area contributed by atoms with Crippen LogP contribution in [0, 0.1) is 0 Å². The lowest BCUT2D eigenvalue weighted by Crippen LogP contribution is -2.20. The van der Waals surface area contributed by atoms with Crippen molar-refractivity contribution >= 4 is 23.0 Å². The molecule has 1 aliphatic carbocycles. The summed E-state index contributed by atoms with van der Waals surface area (Å²) in [5.41, 5.74) is 3.65. The Morgan fingerprint density at radius 1 is 1.14 bits per heavy atom. The number of benzene rings is 1. The SMILES string of the molecule is Nc1cc(C(F)(F)F)ccc1C(O)=C1C(=O)CCCC1=O. The van der Waals surface area contributed by atoms with Crippen molar-refractivity contribution in [2.75, 3.05) is 5.73 Å². The summed E-state index contributed by atoms with van der Waals surface area (Å²) in [5.74, 6) is -1.71. The van der Waals surface area contributed by atoms with Crippen LogP contribution in [0.5, 0.6) is 0 Å². The Labute approximate surface area is 118 Å². The second-order valence-electron chi connectivity index (χ2n) is 4.72. The van der Waals surface area contributed by atoms with E-state index < -0.39 is 29.1 Å². The van der Waals surface area contributed by atoms with Gasteiger partial charge in [-0.2, -0.15) is 13.2 Å². The number of hydrogen-bond donors (Lipinski definition) is 2. The van der Waals surface area contributed by atoms with Gasteiger partial charge in [0.2, 0.25) is 0 Å². The van der Waals surface area contributed by atoms with Crippen molar-refractivity contribution in [3.63, 3.8) is 0 Å². The van der Waals surface area contributed by atoms with Crippen LogP contribution >= 0.6 is 0 Å². The minimum absolute atomic E-state index is 0.117. The number of nitrogens with two attached hydrogens (primary N) is 1. The van der Waals surface area contributed by atoms with E-state index in [-0.39, 0.29) is 29.7 Å². The molecular formula is C14H12F3NO3. The first kappa shape index (κ1) is 15.1. The van der Waals surface area contributed by atoms with Crippen molar-refractivity contribution in [2.45, 2.75) is 25.4 Å². The Morgan fingerprint density at radius 3 is 2.19 bits per heavy atom. The van der Waals surface area contributed by atoms with Gasteiger partial charge in [-0.3, -0.25) is 9.59 Å². The van der Waals surface area contributed by atoms with Gasteiger partial charge >= 0.3 is 6.18 Å². The lowest BCUT2D eigenvalue weighted by Gasteiger charge is -2.15. The van der Waals surface area contributed by atoms with Crippen LogP contribution in [0.2, 0.25) is 0 Å². The number of carbonyl (C=O) groups excluding carboxylic acids is 2. The third kappa shape index (κ3) is 2.91. The van der Waals surface area contributed by atoms with Gasteiger partial charge in [0.1, 0.15) is 11.3 Å². The normalized spacial score (nSPS) is 16.2. The summed E-state index contributed by atoms with van der Waals surface area (Å²) in [6.07, 6.45) is -3.93. The fourth-order valence-corrected chi connectivity index (χ4v) is 2.17. The molecule has 2 rings (SSSR count). The van der Waals surface area contributed by atoms with E-state index >= 15 is 0 Å². The van der Waals surface area contributed by atoms with Crippen LogP contribution in [0.4, 0.5) is 18.9 Å². The van der Waals surface area contributed by atoms with E-state index in [1.165, 1.54) is 0 Å². The highest BCUT2D eigenvalue weighted by atomic mass is 19.4. The highest BCUT2D eigenvalue weighted by molar-refractivity contribution is 6.26. The molecule has 0 aromatic heterocycles. The molecule has 1 aliphatic rings. The first-order valence-corrected chi connectivity index (χ1v) is 6.18. The highest BCUT2D eigenvalue weighted by Gasteiger charge is 2.32. The van der Waals surface area contributed by atoms with E-state index in [9.17, 15) is 27.9 Å². The van der Waals surface area contributed by atoms with Gasteiger partial charge in [0.05, 0.1) is 5.56 Å². The van der Waals surface area contributed by atoms with E-state index in [0.717, 1.165) is 12.1 Å². The number of anilines is 1. The van der Waals surface area contributed by atoms with Gasteiger partial charge in [0.25, 0.3) is 0 Å². The maximum atomic E-state index is 12.5. The standard InChI is InChI=1S/C14H12F3NO3/c15-14(16,17)7-4-5-8(9(18)6-7)13(21)12-10(19)2-1-3-11(12)20/h4-6,21H,1-3,18H2. The fourth-order valence-electron chi connectivity index (χ4n) is 2.17. The molecule has 0 atom stereocenters. The van der Waals surface area contributed by atoms with Crippen LogP contribution in [-0.4, -0.2) is 16.7 Å². The summed E-state index contributed by atoms with van der Waals surface area (Å²) < 4.78 is 37.6. The molecule has 112 valence electrons. The molecule has 0 heterocycles. The Balaban J connectivity index is 2.51. The number of hydrogen-bond acceptors (Lipinski definition) is 4. The molecule has 1 aromatic rings. The van der Waals surface area contributed by atoms with Crippen molar-refractivity contribution in [3.8, 4) is 0 Å². The number of alkyl halides is 3. The smallest absolute Gasteiger partial charge is 0.416 e. The topological polar surface area (TPSA) is 80.4 Å². The monoisotopic (exact) mass is 299 g/mol. The Morgan fingerprint density at radius 2 is 1.71 bits per heavy atom. The largest absolute Gasteiger partial charge is 0.506 e. The predicted octanol–water partition coefficient (Wildman–Crippen LogP) is 2.88. The van der Waals surface area contributed by atoms with Crippen LogP contribution in [0.25, 0.3) is 5.76 Å². The molecule has 0 bridgehead atoms. The number of Topliss-reactive ketones (excluding diaryl/α,β-unsaturated/α-hetero) is 2. The zero-order chi connectivity index (χ0) is 15.8. The fraction of sp³-hybridized carbons (Fsp3) is 0.286. The van der Waals surface area contributed by atoms with Crippen molar-refractivity contribution in [3.05, 3.63) is 34.9 Å². The number of aliphatic hydroxyl groups is 1. The minimum Gasteiger partial charge on any atom is -0.506 e. The van der Waals surface area contributed by atoms with Crippen molar-refractivity contribution in [2.24, 2.45) is 0 Å². The van der Waals surface area contributed by atoms with Crippen LogP contribution in [-0.2, 0) is 15.8 Å². The van der Waals surface area contributed by atoms with Gasteiger partial charge in [-0.05, 0) is 24.6 Å². The summed E-state index contributed by atoms with van der Waals surface area (Å²) in [6, 6.07) is 2.35. The van der Waals surface area contributed by atoms with Crippen LogP contribution in [0.1, 0.15) is 30.4 Å². The van der Waals surface area contributed by atoms with Gasteiger partial charge in [0, 0.05) is 24.1 Å². The summed E-state index contributed by atoms with van der Waals surface area (Å²) in [7, 11) is 0. The van der Waals surface area contributed by atoms with Crippen LogP contribution in [0.15, 0.2) is 23.8 Å². The minimum atomic E-state index is -4.56. The molecule has 0 unspecified atom stereocenters. The predicted molar refractivity (Wildman–Crippen MR) is 69.3 cm³/mol. The first-order chi connectivity index (χ1) is 9.71. The number of aliphatic hydroxyl groups excluding tert-OH is 1. The molecule has 3 N–H and O–H groups in total.